The van der Waals surface area contributed by atoms with Gasteiger partial charge in [0, 0.05) is 11.1 Å². The Morgan fingerprint density at radius 1 is 0.423 bits per heavy atom. The van der Waals surface area contributed by atoms with Gasteiger partial charge in [-0.1, -0.05) is 181 Å². The summed E-state index contributed by atoms with van der Waals surface area (Å²) >= 11 is 0. The molecule has 0 atom stereocenters. The van der Waals surface area contributed by atoms with Crippen LogP contribution in [0.15, 0.2) is 72.8 Å². The van der Waals surface area contributed by atoms with E-state index in [-0.39, 0.29) is 0 Å². The summed E-state index contributed by atoms with van der Waals surface area (Å²) in [5.74, 6) is 8.11. The topological polar surface area (TPSA) is 0 Å². The zero-order chi connectivity index (χ0) is 37.5. The Kier molecular flexibility index (Phi) is 13.6. The monoisotopic (exact) mass is 722 g/mol. The van der Waals surface area contributed by atoms with Gasteiger partial charge in [0.25, 0.3) is 0 Å². The number of hydrogen-bond acceptors (Lipinski definition) is 0. The summed E-state index contributed by atoms with van der Waals surface area (Å²) in [6, 6.07) is 30.1. The SMILES string of the molecule is CCCCCC[Si](C#Cc1c2cc3ccccc3cc2c(C#C[Si](CCCCCC)(C(C)C)C(C)C)c2cc3ccccc3cc12)(C(C)C)C(C)C. The molecular formula is C50H66Si2. The predicted octanol–water partition coefficient (Wildman–Crippen LogP) is 15.8. The average molecular weight is 723 g/mol. The summed E-state index contributed by atoms with van der Waals surface area (Å²) in [6.45, 7) is 24.3. The fourth-order valence-corrected chi connectivity index (χ4v) is 17.9. The van der Waals surface area contributed by atoms with Gasteiger partial charge >= 0.3 is 0 Å². The van der Waals surface area contributed by atoms with Gasteiger partial charge < -0.3 is 0 Å². The van der Waals surface area contributed by atoms with Crippen LogP contribution < -0.4 is 0 Å². The van der Waals surface area contributed by atoms with E-state index in [1.807, 2.05) is 0 Å². The highest BCUT2D eigenvalue weighted by molar-refractivity contribution is 6.90. The molecule has 0 aliphatic carbocycles. The van der Waals surface area contributed by atoms with E-state index in [4.69, 9.17) is 0 Å². The highest BCUT2D eigenvalue weighted by Crippen LogP contribution is 2.41. The van der Waals surface area contributed by atoms with Crippen LogP contribution in [0.2, 0.25) is 34.3 Å². The van der Waals surface area contributed by atoms with Crippen LogP contribution in [-0.4, -0.2) is 16.1 Å². The third kappa shape index (κ3) is 8.25. The highest BCUT2D eigenvalue weighted by Gasteiger charge is 2.39. The first kappa shape index (κ1) is 39.9. The van der Waals surface area contributed by atoms with Crippen LogP contribution in [0, 0.1) is 22.9 Å². The zero-order valence-electron chi connectivity index (χ0n) is 34.3. The minimum Gasteiger partial charge on any atom is -0.125 e. The van der Waals surface area contributed by atoms with Crippen LogP contribution >= 0.6 is 0 Å². The Balaban J connectivity index is 1.88. The van der Waals surface area contributed by atoms with Crippen LogP contribution in [0.5, 0.6) is 0 Å². The first-order valence-corrected chi connectivity index (χ1v) is 25.6. The maximum atomic E-state index is 4.20. The molecule has 0 spiro atoms. The number of rotatable bonds is 14. The standard InChI is InChI=1S/C50H66Si2/c1-11-13-15-21-29-51(37(3)4,38(5)6)31-27-45-47-33-41-23-17-19-25-43(41)35-49(47)46(50-36-44-26-20-18-24-42(44)34-48(45)50)28-32-52(39(7)8,40(9)10)30-22-16-14-12-2/h17-20,23-26,33-40H,11-16,21-22,29-30H2,1-10H3. The molecule has 274 valence electrons. The van der Waals surface area contributed by atoms with Gasteiger partial charge in [-0.3, -0.25) is 0 Å². The molecule has 0 N–H and O–H groups in total. The molecule has 0 saturated carbocycles. The van der Waals surface area contributed by atoms with E-state index < -0.39 is 16.1 Å². The Morgan fingerprint density at radius 3 is 0.962 bits per heavy atom. The van der Waals surface area contributed by atoms with Crippen LogP contribution in [-0.2, 0) is 0 Å². The number of fused-ring (bicyclic) bond motifs is 4. The lowest BCUT2D eigenvalue weighted by atomic mass is 9.89. The van der Waals surface area contributed by atoms with E-state index in [0.717, 1.165) is 0 Å². The Labute approximate surface area is 319 Å². The molecule has 0 bridgehead atoms. The van der Waals surface area contributed by atoms with E-state index in [9.17, 15) is 0 Å². The molecule has 0 nitrogen and oxygen atoms in total. The van der Waals surface area contributed by atoms with Gasteiger partial charge in [0.1, 0.15) is 16.1 Å². The number of benzene rings is 5. The van der Waals surface area contributed by atoms with Crippen molar-refractivity contribution in [3.63, 3.8) is 0 Å². The Bertz CT molecular complexity index is 1840. The minimum absolute atomic E-state index is 0.605. The second kappa shape index (κ2) is 17.7. The third-order valence-electron chi connectivity index (χ3n) is 12.7. The first-order chi connectivity index (χ1) is 25.0. The molecule has 52 heavy (non-hydrogen) atoms. The predicted molar refractivity (Wildman–Crippen MR) is 240 cm³/mol. The molecule has 5 rings (SSSR count). The fraction of sp³-hybridized carbons (Fsp3) is 0.480. The van der Waals surface area contributed by atoms with Crippen molar-refractivity contribution in [2.45, 2.75) is 155 Å². The van der Waals surface area contributed by atoms with Crippen molar-refractivity contribution in [3.05, 3.63) is 83.9 Å². The van der Waals surface area contributed by atoms with E-state index in [0.29, 0.717) is 22.2 Å². The van der Waals surface area contributed by atoms with Gasteiger partial charge in [0.15, 0.2) is 0 Å². The van der Waals surface area contributed by atoms with Gasteiger partial charge in [0.2, 0.25) is 0 Å². The normalized spacial score (nSPS) is 12.4. The molecule has 5 aromatic rings. The molecule has 2 heteroatoms. The molecule has 0 fully saturated rings. The molecule has 0 unspecified atom stereocenters. The number of unbranched alkanes of at least 4 members (excludes halogenated alkanes) is 6. The van der Waals surface area contributed by atoms with E-state index >= 15 is 0 Å². The summed E-state index contributed by atoms with van der Waals surface area (Å²) in [7, 11) is -3.89. The quantitative estimate of drug-likeness (QED) is 0.0463. The van der Waals surface area contributed by atoms with Crippen LogP contribution in [0.3, 0.4) is 0 Å². The maximum Gasteiger partial charge on any atom is 0.143 e. The smallest absolute Gasteiger partial charge is 0.125 e. The van der Waals surface area contributed by atoms with Crippen LogP contribution in [0.4, 0.5) is 0 Å². The molecule has 0 aromatic heterocycles. The van der Waals surface area contributed by atoms with Crippen molar-refractivity contribution in [3.8, 4) is 22.9 Å². The molecule has 0 aliphatic rings. The molecule has 0 amide bonds. The Morgan fingerprint density at radius 2 is 0.712 bits per heavy atom. The van der Waals surface area contributed by atoms with Crippen LogP contribution in [0.1, 0.15) is 132 Å². The largest absolute Gasteiger partial charge is 0.143 e. The summed E-state index contributed by atoms with van der Waals surface area (Å²) in [6.07, 6.45) is 10.4. The lowest BCUT2D eigenvalue weighted by Gasteiger charge is -2.34. The third-order valence-corrected chi connectivity index (χ3v) is 24.5. The fourth-order valence-electron chi connectivity index (χ4n) is 9.10. The van der Waals surface area contributed by atoms with Crippen molar-refractivity contribution < 1.29 is 0 Å². The molecule has 5 aromatic carbocycles. The lowest BCUT2D eigenvalue weighted by Crippen LogP contribution is -2.40. The van der Waals surface area contributed by atoms with Crippen molar-refractivity contribution in [2.75, 3.05) is 0 Å². The minimum atomic E-state index is -1.95. The van der Waals surface area contributed by atoms with E-state index in [2.05, 4.69) is 165 Å². The van der Waals surface area contributed by atoms with Crippen molar-refractivity contribution >= 4 is 59.2 Å². The zero-order valence-corrected chi connectivity index (χ0v) is 36.3. The molecule has 0 heterocycles. The Hall–Kier alpha value is -3.31. The highest BCUT2D eigenvalue weighted by atomic mass is 28.3. The second-order valence-electron chi connectivity index (χ2n) is 17.1. The molecular weight excluding hydrogens is 657 g/mol. The second-order valence-corrected chi connectivity index (χ2v) is 27.3. The van der Waals surface area contributed by atoms with E-state index in [1.54, 1.807) is 0 Å². The van der Waals surface area contributed by atoms with E-state index in [1.165, 1.54) is 118 Å². The lowest BCUT2D eigenvalue weighted by molar-refractivity contribution is 0.689. The summed E-state index contributed by atoms with van der Waals surface area (Å²) in [5, 5.41) is 10.2. The molecule has 0 saturated heterocycles. The molecule has 0 radical (unpaired) electrons. The van der Waals surface area contributed by atoms with Crippen molar-refractivity contribution in [1.29, 1.82) is 0 Å². The van der Waals surface area contributed by atoms with Crippen molar-refractivity contribution in [1.82, 2.24) is 0 Å². The van der Waals surface area contributed by atoms with Gasteiger partial charge in [-0.15, -0.1) is 11.1 Å². The van der Waals surface area contributed by atoms with Gasteiger partial charge in [-0.2, -0.15) is 0 Å². The summed E-state index contributed by atoms with van der Waals surface area (Å²) < 4.78 is 0. The van der Waals surface area contributed by atoms with Gasteiger partial charge in [-0.25, -0.2) is 0 Å². The van der Waals surface area contributed by atoms with Crippen LogP contribution in [0.25, 0.3) is 43.1 Å². The van der Waals surface area contributed by atoms with Crippen molar-refractivity contribution in [2.24, 2.45) is 0 Å². The van der Waals surface area contributed by atoms with Gasteiger partial charge in [-0.05, 0) is 102 Å². The summed E-state index contributed by atoms with van der Waals surface area (Å²) in [4.78, 5) is 0. The first-order valence-electron chi connectivity index (χ1n) is 20.9. The maximum absolute atomic E-state index is 4.20. The average Bonchev–Trinajstić information content (AvgIpc) is 3.12. The summed E-state index contributed by atoms with van der Waals surface area (Å²) in [5.41, 5.74) is 13.2. The molecule has 0 aliphatic heterocycles. The van der Waals surface area contributed by atoms with Gasteiger partial charge in [0.05, 0.1) is 0 Å². The number of hydrogen-bond donors (Lipinski definition) is 0.